The van der Waals surface area contributed by atoms with Gasteiger partial charge in [0.25, 0.3) is 0 Å². The van der Waals surface area contributed by atoms with Gasteiger partial charge >= 0.3 is 5.97 Å². The van der Waals surface area contributed by atoms with E-state index >= 15 is 0 Å². The number of hydrogen-bond donors (Lipinski definition) is 2. The molecule has 0 amide bonds. The Kier molecular flexibility index (Phi) is 5.96. The first kappa shape index (κ1) is 14.5. The number of carboxylic acid groups (broad SMARTS) is 1. The summed E-state index contributed by atoms with van der Waals surface area (Å²) in [6.07, 6.45) is 7.64. The molecule has 0 bridgehead atoms. The van der Waals surface area contributed by atoms with Crippen LogP contribution in [0.1, 0.15) is 58.8 Å². The molecule has 1 saturated carbocycles. The van der Waals surface area contributed by atoms with Crippen molar-refractivity contribution in [1.82, 2.24) is 0 Å². The van der Waals surface area contributed by atoms with E-state index in [9.17, 15) is 4.79 Å². The topological polar surface area (TPSA) is 63.3 Å². The molecule has 100 valence electrons. The van der Waals surface area contributed by atoms with Gasteiger partial charge in [0.15, 0.2) is 0 Å². The highest BCUT2D eigenvalue weighted by atomic mass is 16.4. The molecule has 3 N–H and O–H groups in total. The maximum Gasteiger partial charge on any atom is 0.304 e. The maximum absolute atomic E-state index is 10.7. The quantitative estimate of drug-likeness (QED) is 0.652. The molecule has 0 saturated heterocycles. The second kappa shape index (κ2) is 7.00. The lowest BCUT2D eigenvalue weighted by molar-refractivity contribution is -0.137. The molecule has 3 nitrogen and oxygen atoms in total. The predicted octanol–water partition coefficient (Wildman–Crippen LogP) is 3.03. The fourth-order valence-electron chi connectivity index (χ4n) is 2.57. The van der Waals surface area contributed by atoms with Gasteiger partial charge in [0.1, 0.15) is 0 Å². The van der Waals surface area contributed by atoms with Crippen molar-refractivity contribution in [2.24, 2.45) is 23.5 Å². The zero-order valence-corrected chi connectivity index (χ0v) is 11.2. The van der Waals surface area contributed by atoms with Crippen LogP contribution in [0.4, 0.5) is 0 Å². The first-order chi connectivity index (χ1) is 8.02. The van der Waals surface area contributed by atoms with Crippen molar-refractivity contribution in [3.8, 4) is 0 Å². The van der Waals surface area contributed by atoms with Crippen LogP contribution in [0, 0.1) is 17.8 Å². The van der Waals surface area contributed by atoms with Crippen molar-refractivity contribution >= 4 is 5.97 Å². The Morgan fingerprint density at radius 2 is 2.12 bits per heavy atom. The maximum atomic E-state index is 10.7. The van der Waals surface area contributed by atoms with Gasteiger partial charge in [0.05, 0.1) is 6.42 Å². The molecule has 0 aromatic carbocycles. The number of aliphatic carboxylic acids is 1. The molecule has 1 aliphatic carbocycles. The lowest BCUT2D eigenvalue weighted by Crippen LogP contribution is -2.33. The van der Waals surface area contributed by atoms with E-state index in [1.807, 2.05) is 0 Å². The summed E-state index contributed by atoms with van der Waals surface area (Å²) in [7, 11) is 0. The molecule has 1 aliphatic rings. The van der Waals surface area contributed by atoms with E-state index in [4.69, 9.17) is 10.8 Å². The van der Waals surface area contributed by atoms with Crippen molar-refractivity contribution in [1.29, 1.82) is 0 Å². The average Bonchev–Trinajstić information content (AvgIpc) is 3.05. The molecule has 3 heteroatoms. The molecule has 17 heavy (non-hydrogen) atoms. The summed E-state index contributed by atoms with van der Waals surface area (Å²) in [6, 6.07) is -0.180. The van der Waals surface area contributed by atoms with Crippen molar-refractivity contribution in [3.05, 3.63) is 0 Å². The molecule has 3 unspecified atom stereocenters. The summed E-state index contributed by atoms with van der Waals surface area (Å²) < 4.78 is 0. The van der Waals surface area contributed by atoms with Gasteiger partial charge in [0.2, 0.25) is 0 Å². The normalized spacial score (nSPS) is 20.9. The van der Waals surface area contributed by atoms with Gasteiger partial charge in [-0.3, -0.25) is 4.79 Å². The van der Waals surface area contributed by atoms with Crippen LogP contribution in [0.2, 0.25) is 0 Å². The van der Waals surface area contributed by atoms with Gasteiger partial charge in [0, 0.05) is 6.04 Å². The van der Waals surface area contributed by atoms with Crippen molar-refractivity contribution in [3.63, 3.8) is 0 Å². The van der Waals surface area contributed by atoms with Crippen LogP contribution in [0.25, 0.3) is 0 Å². The lowest BCUT2D eigenvalue weighted by atomic mass is 9.84. The van der Waals surface area contributed by atoms with E-state index in [1.165, 1.54) is 25.7 Å². The molecule has 0 aromatic heterocycles. The molecule has 1 fully saturated rings. The first-order valence-electron chi connectivity index (χ1n) is 7.00. The Hall–Kier alpha value is -0.570. The molecular formula is C14H27NO2. The largest absolute Gasteiger partial charge is 0.481 e. The highest BCUT2D eigenvalue weighted by Gasteiger charge is 2.24. The standard InChI is InChI=1S/C14H27NO2/c1-3-12(13(15)9-14(16)17)8-10(2)4-5-11-6-7-11/h10-13H,3-9,15H2,1-2H3,(H,16,17). The molecule has 0 spiro atoms. The molecule has 0 radical (unpaired) electrons. The Morgan fingerprint density at radius 3 is 2.59 bits per heavy atom. The van der Waals surface area contributed by atoms with Crippen LogP contribution in [0.15, 0.2) is 0 Å². The summed E-state index contributed by atoms with van der Waals surface area (Å²) in [4.78, 5) is 10.7. The molecule has 3 atom stereocenters. The average molecular weight is 241 g/mol. The minimum atomic E-state index is -0.776. The second-order valence-corrected chi connectivity index (χ2v) is 5.79. The zero-order valence-electron chi connectivity index (χ0n) is 11.2. The SMILES string of the molecule is CCC(CC(C)CCC1CC1)C(N)CC(=O)O. The van der Waals surface area contributed by atoms with Crippen LogP contribution in [-0.2, 0) is 4.79 Å². The smallest absolute Gasteiger partial charge is 0.304 e. The van der Waals surface area contributed by atoms with Gasteiger partial charge in [-0.15, -0.1) is 0 Å². The van der Waals surface area contributed by atoms with Gasteiger partial charge in [-0.2, -0.15) is 0 Å². The Bertz CT molecular complexity index is 238. The van der Waals surface area contributed by atoms with Crippen LogP contribution in [0.3, 0.4) is 0 Å². The third-order valence-corrected chi connectivity index (χ3v) is 4.01. The van der Waals surface area contributed by atoms with Crippen molar-refractivity contribution in [2.75, 3.05) is 0 Å². The Morgan fingerprint density at radius 1 is 1.47 bits per heavy atom. The van der Waals surface area contributed by atoms with E-state index in [0.29, 0.717) is 11.8 Å². The fourth-order valence-corrected chi connectivity index (χ4v) is 2.57. The van der Waals surface area contributed by atoms with Gasteiger partial charge in [-0.25, -0.2) is 0 Å². The Labute approximate surface area is 105 Å². The number of hydrogen-bond acceptors (Lipinski definition) is 2. The summed E-state index contributed by atoms with van der Waals surface area (Å²) in [6.45, 7) is 4.39. The van der Waals surface area contributed by atoms with Gasteiger partial charge in [-0.1, -0.05) is 46.0 Å². The van der Waals surface area contributed by atoms with Gasteiger partial charge < -0.3 is 10.8 Å². The van der Waals surface area contributed by atoms with E-state index < -0.39 is 5.97 Å². The van der Waals surface area contributed by atoms with Crippen LogP contribution in [0.5, 0.6) is 0 Å². The lowest BCUT2D eigenvalue weighted by Gasteiger charge is -2.24. The number of carbonyl (C=O) groups is 1. The van der Waals surface area contributed by atoms with Crippen LogP contribution >= 0.6 is 0 Å². The second-order valence-electron chi connectivity index (χ2n) is 5.79. The van der Waals surface area contributed by atoms with E-state index in [1.54, 1.807) is 0 Å². The fraction of sp³-hybridized carbons (Fsp3) is 0.929. The zero-order chi connectivity index (χ0) is 12.8. The van der Waals surface area contributed by atoms with E-state index in [0.717, 1.165) is 18.8 Å². The summed E-state index contributed by atoms with van der Waals surface area (Å²) in [5, 5.41) is 8.77. The summed E-state index contributed by atoms with van der Waals surface area (Å²) >= 11 is 0. The molecular weight excluding hydrogens is 214 g/mol. The van der Waals surface area contributed by atoms with Crippen molar-refractivity contribution in [2.45, 2.75) is 64.8 Å². The van der Waals surface area contributed by atoms with Crippen LogP contribution in [-0.4, -0.2) is 17.1 Å². The molecule has 0 aromatic rings. The first-order valence-corrected chi connectivity index (χ1v) is 7.00. The van der Waals surface area contributed by atoms with Crippen LogP contribution < -0.4 is 5.73 Å². The molecule has 0 heterocycles. The number of rotatable bonds is 9. The monoisotopic (exact) mass is 241 g/mol. The van der Waals surface area contributed by atoms with E-state index in [2.05, 4.69) is 13.8 Å². The third-order valence-electron chi connectivity index (χ3n) is 4.01. The van der Waals surface area contributed by atoms with Crippen molar-refractivity contribution < 1.29 is 9.90 Å². The molecule has 0 aliphatic heterocycles. The van der Waals surface area contributed by atoms with E-state index in [-0.39, 0.29) is 12.5 Å². The Balaban J connectivity index is 2.25. The highest BCUT2D eigenvalue weighted by Crippen LogP contribution is 2.35. The highest BCUT2D eigenvalue weighted by molar-refractivity contribution is 5.67. The summed E-state index contributed by atoms with van der Waals surface area (Å²) in [5.74, 6) is 1.26. The molecule has 1 rings (SSSR count). The predicted molar refractivity (Wildman–Crippen MR) is 69.7 cm³/mol. The number of nitrogens with two attached hydrogens (primary N) is 1. The minimum absolute atomic E-state index is 0.105. The summed E-state index contributed by atoms with van der Waals surface area (Å²) in [5.41, 5.74) is 5.97. The van der Waals surface area contributed by atoms with Gasteiger partial charge in [-0.05, 0) is 24.2 Å². The number of carboxylic acids is 1. The minimum Gasteiger partial charge on any atom is -0.481 e. The third kappa shape index (κ3) is 6.06.